The first-order valence-corrected chi connectivity index (χ1v) is 6.07. The van der Waals surface area contributed by atoms with Crippen LogP contribution in [0.25, 0.3) is 0 Å². The monoisotopic (exact) mass is 221 g/mol. The molecule has 0 saturated heterocycles. The van der Waals surface area contributed by atoms with Crippen LogP contribution in [-0.4, -0.2) is 22.8 Å². The van der Waals surface area contributed by atoms with Crippen molar-refractivity contribution in [3.63, 3.8) is 0 Å². The van der Waals surface area contributed by atoms with Crippen molar-refractivity contribution in [2.45, 2.75) is 44.6 Å². The molecular weight excluding hydrogens is 202 g/mol. The maximum Gasteiger partial charge on any atom is 0.137 e. The normalized spacial score (nSPS) is 25.4. The van der Waals surface area contributed by atoms with Crippen molar-refractivity contribution in [1.82, 2.24) is 4.98 Å². The molecule has 3 heteroatoms. The summed E-state index contributed by atoms with van der Waals surface area (Å²) in [7, 11) is 0. The number of hydrogen-bond donors (Lipinski definition) is 1. The molecule has 88 valence electrons. The summed E-state index contributed by atoms with van der Waals surface area (Å²) in [5.74, 6) is 1.04. The van der Waals surface area contributed by atoms with Gasteiger partial charge in [0.2, 0.25) is 0 Å². The molecule has 2 rings (SSSR count). The minimum Gasteiger partial charge on any atom is -0.492 e. The summed E-state index contributed by atoms with van der Waals surface area (Å²) in [6.07, 6.45) is 7.65. The van der Waals surface area contributed by atoms with E-state index in [1.54, 1.807) is 6.20 Å². The van der Waals surface area contributed by atoms with E-state index in [1.165, 1.54) is 6.42 Å². The van der Waals surface area contributed by atoms with E-state index in [0.717, 1.165) is 30.6 Å². The third-order valence-corrected chi connectivity index (χ3v) is 3.20. The lowest BCUT2D eigenvalue weighted by Gasteiger charge is -2.27. The van der Waals surface area contributed by atoms with Gasteiger partial charge in [0.05, 0.1) is 18.9 Å². The predicted molar refractivity (Wildman–Crippen MR) is 62.6 cm³/mol. The highest BCUT2D eigenvalue weighted by molar-refractivity contribution is 5.27. The van der Waals surface area contributed by atoms with Crippen LogP contribution in [0.1, 0.15) is 44.1 Å². The first-order valence-electron chi connectivity index (χ1n) is 6.07. The van der Waals surface area contributed by atoms with Crippen molar-refractivity contribution in [2.24, 2.45) is 0 Å². The van der Waals surface area contributed by atoms with Crippen molar-refractivity contribution in [3.8, 4) is 5.75 Å². The number of pyridine rings is 1. The van der Waals surface area contributed by atoms with Crippen LogP contribution in [0.15, 0.2) is 18.5 Å². The zero-order chi connectivity index (χ0) is 11.4. The lowest BCUT2D eigenvalue weighted by Crippen LogP contribution is -2.22. The highest BCUT2D eigenvalue weighted by atomic mass is 16.5. The van der Waals surface area contributed by atoms with Crippen LogP contribution in [0, 0.1) is 0 Å². The van der Waals surface area contributed by atoms with Crippen LogP contribution >= 0.6 is 0 Å². The second-order valence-corrected chi connectivity index (χ2v) is 4.35. The van der Waals surface area contributed by atoms with Crippen molar-refractivity contribution in [1.29, 1.82) is 0 Å². The van der Waals surface area contributed by atoms with Crippen LogP contribution in [-0.2, 0) is 0 Å². The molecule has 1 aromatic rings. The summed E-state index contributed by atoms with van der Waals surface area (Å²) in [5, 5.41) is 9.97. The van der Waals surface area contributed by atoms with Crippen molar-refractivity contribution in [2.75, 3.05) is 6.61 Å². The van der Waals surface area contributed by atoms with Crippen molar-refractivity contribution < 1.29 is 9.84 Å². The van der Waals surface area contributed by atoms with E-state index in [9.17, 15) is 5.11 Å². The van der Waals surface area contributed by atoms with E-state index in [2.05, 4.69) is 4.98 Å². The summed E-state index contributed by atoms with van der Waals surface area (Å²) in [6.45, 7) is 2.61. The molecule has 0 spiro atoms. The molecule has 1 aliphatic rings. The molecular formula is C13H19NO2. The van der Waals surface area contributed by atoms with E-state index >= 15 is 0 Å². The molecule has 2 atom stereocenters. The molecule has 16 heavy (non-hydrogen) atoms. The second kappa shape index (κ2) is 5.30. The standard InChI is InChI=1S/C13H19NO2/c1-2-16-11-7-10(8-14-9-11)12-5-3-4-6-13(12)15/h7-9,12-13,15H,2-6H2,1H3. The molecule has 0 aromatic carbocycles. The Labute approximate surface area is 96.5 Å². The van der Waals surface area contributed by atoms with Crippen LogP contribution in [0.3, 0.4) is 0 Å². The van der Waals surface area contributed by atoms with Gasteiger partial charge in [0, 0.05) is 12.1 Å². The van der Waals surface area contributed by atoms with Crippen LogP contribution in [0.2, 0.25) is 0 Å². The third kappa shape index (κ3) is 2.53. The van der Waals surface area contributed by atoms with Gasteiger partial charge in [0.25, 0.3) is 0 Å². The molecule has 1 aromatic heterocycles. The largest absolute Gasteiger partial charge is 0.492 e. The average molecular weight is 221 g/mol. The van der Waals surface area contributed by atoms with E-state index in [1.807, 2.05) is 19.2 Å². The lowest BCUT2D eigenvalue weighted by atomic mass is 9.82. The number of aliphatic hydroxyl groups excluding tert-OH is 1. The number of nitrogens with zero attached hydrogens (tertiary/aromatic N) is 1. The van der Waals surface area contributed by atoms with Gasteiger partial charge >= 0.3 is 0 Å². The van der Waals surface area contributed by atoms with Gasteiger partial charge in [0.15, 0.2) is 0 Å². The first-order chi connectivity index (χ1) is 7.81. The predicted octanol–water partition coefficient (Wildman–Crippen LogP) is 2.50. The minimum absolute atomic E-state index is 0.215. The number of aromatic nitrogens is 1. The van der Waals surface area contributed by atoms with Gasteiger partial charge in [-0.15, -0.1) is 0 Å². The van der Waals surface area contributed by atoms with Gasteiger partial charge in [0.1, 0.15) is 5.75 Å². The third-order valence-electron chi connectivity index (χ3n) is 3.20. The Balaban J connectivity index is 2.15. The summed E-state index contributed by atoms with van der Waals surface area (Å²) >= 11 is 0. The van der Waals surface area contributed by atoms with Crippen LogP contribution < -0.4 is 4.74 Å². The van der Waals surface area contributed by atoms with Crippen LogP contribution in [0.5, 0.6) is 5.75 Å². The maximum atomic E-state index is 9.97. The minimum atomic E-state index is -0.215. The number of ether oxygens (including phenoxy) is 1. The number of rotatable bonds is 3. The zero-order valence-electron chi connectivity index (χ0n) is 9.72. The molecule has 2 unspecified atom stereocenters. The van der Waals surface area contributed by atoms with Crippen molar-refractivity contribution >= 4 is 0 Å². The van der Waals surface area contributed by atoms with E-state index < -0.39 is 0 Å². The van der Waals surface area contributed by atoms with Gasteiger partial charge in [-0.25, -0.2) is 0 Å². The number of hydrogen-bond acceptors (Lipinski definition) is 3. The van der Waals surface area contributed by atoms with E-state index in [-0.39, 0.29) is 12.0 Å². The van der Waals surface area contributed by atoms with Gasteiger partial charge in [-0.05, 0) is 31.4 Å². The zero-order valence-corrected chi connectivity index (χ0v) is 9.72. The quantitative estimate of drug-likeness (QED) is 0.852. The Kier molecular flexibility index (Phi) is 3.78. The lowest BCUT2D eigenvalue weighted by molar-refractivity contribution is 0.106. The Bertz CT molecular complexity index is 340. The summed E-state index contributed by atoms with van der Waals surface area (Å²) in [4.78, 5) is 4.18. The fraction of sp³-hybridized carbons (Fsp3) is 0.615. The molecule has 1 heterocycles. The molecule has 1 fully saturated rings. The summed E-state index contributed by atoms with van der Waals surface area (Å²) < 4.78 is 5.43. The fourth-order valence-electron chi connectivity index (χ4n) is 2.38. The Morgan fingerprint density at radius 1 is 1.38 bits per heavy atom. The highest BCUT2D eigenvalue weighted by Crippen LogP contribution is 2.33. The Morgan fingerprint density at radius 2 is 2.19 bits per heavy atom. The number of aliphatic hydroxyl groups is 1. The molecule has 0 bridgehead atoms. The van der Waals surface area contributed by atoms with Gasteiger partial charge < -0.3 is 9.84 Å². The van der Waals surface area contributed by atoms with Gasteiger partial charge in [-0.3, -0.25) is 4.98 Å². The Morgan fingerprint density at radius 3 is 2.94 bits per heavy atom. The van der Waals surface area contributed by atoms with Crippen molar-refractivity contribution in [3.05, 3.63) is 24.0 Å². The maximum absolute atomic E-state index is 9.97. The molecule has 1 saturated carbocycles. The highest BCUT2D eigenvalue weighted by Gasteiger charge is 2.24. The molecule has 0 amide bonds. The second-order valence-electron chi connectivity index (χ2n) is 4.35. The van der Waals surface area contributed by atoms with E-state index in [4.69, 9.17) is 4.74 Å². The molecule has 3 nitrogen and oxygen atoms in total. The molecule has 0 aliphatic heterocycles. The SMILES string of the molecule is CCOc1cncc(C2CCCCC2O)c1. The van der Waals surface area contributed by atoms with Gasteiger partial charge in [-0.2, -0.15) is 0 Å². The Hall–Kier alpha value is -1.09. The average Bonchev–Trinajstić information content (AvgIpc) is 2.30. The first kappa shape index (κ1) is 11.4. The fourth-order valence-corrected chi connectivity index (χ4v) is 2.38. The van der Waals surface area contributed by atoms with Crippen LogP contribution in [0.4, 0.5) is 0 Å². The molecule has 1 aliphatic carbocycles. The smallest absolute Gasteiger partial charge is 0.137 e. The topological polar surface area (TPSA) is 42.4 Å². The van der Waals surface area contributed by atoms with E-state index in [0.29, 0.717) is 6.61 Å². The summed E-state index contributed by atoms with van der Waals surface area (Å²) in [6, 6.07) is 2.01. The van der Waals surface area contributed by atoms with Gasteiger partial charge in [-0.1, -0.05) is 12.8 Å². The summed E-state index contributed by atoms with van der Waals surface area (Å²) in [5.41, 5.74) is 1.11. The molecule has 1 N–H and O–H groups in total. The molecule has 0 radical (unpaired) electrons.